The van der Waals surface area contributed by atoms with E-state index in [2.05, 4.69) is 15.7 Å². The van der Waals surface area contributed by atoms with Crippen molar-refractivity contribution in [1.29, 1.82) is 0 Å². The molecule has 2 aromatic heterocycles. The first-order chi connectivity index (χ1) is 17.0. The molecule has 5 aromatic rings. The molecule has 0 bridgehead atoms. The molecule has 0 aliphatic rings. The second kappa shape index (κ2) is 9.14. The van der Waals surface area contributed by atoms with Crippen molar-refractivity contribution in [3.63, 3.8) is 0 Å². The zero-order chi connectivity index (χ0) is 24.4. The van der Waals surface area contributed by atoms with Crippen molar-refractivity contribution in [2.24, 2.45) is 7.05 Å². The highest BCUT2D eigenvalue weighted by Crippen LogP contribution is 2.19. The highest BCUT2D eigenvalue weighted by molar-refractivity contribution is 6.05. The van der Waals surface area contributed by atoms with E-state index < -0.39 is 5.76 Å². The van der Waals surface area contributed by atoms with Crippen LogP contribution in [0.15, 0.2) is 94.4 Å². The fourth-order valence-corrected chi connectivity index (χ4v) is 3.72. The first-order valence-corrected chi connectivity index (χ1v) is 10.9. The van der Waals surface area contributed by atoms with Gasteiger partial charge in [0.05, 0.1) is 35.7 Å². The maximum absolute atomic E-state index is 12.8. The van der Waals surface area contributed by atoms with Crippen LogP contribution >= 0.6 is 0 Å². The minimum atomic E-state index is -0.467. The number of fused-ring (bicyclic) bond motifs is 1. The average molecular weight is 467 g/mol. The lowest BCUT2D eigenvalue weighted by Crippen LogP contribution is -2.14. The summed E-state index contributed by atoms with van der Waals surface area (Å²) in [5.41, 5.74) is 4.09. The quantitative estimate of drug-likeness (QED) is 0.395. The number of aromatic nitrogens is 3. The molecule has 2 heterocycles. The topological polar surface area (TPSA) is 111 Å². The van der Waals surface area contributed by atoms with E-state index in [0.717, 1.165) is 5.56 Å². The number of carbonyl (C=O) groups excluding carboxylic acids is 2. The average Bonchev–Trinajstić information content (AvgIpc) is 3.43. The van der Waals surface area contributed by atoms with Crippen molar-refractivity contribution in [3.05, 3.63) is 107 Å². The SMILES string of the molecule is Cn1c(=O)oc2cc(NC(=O)c3cccc(-n4cc(NC(=O)Cc5ccccc5)cn4)c3)ccc21. The van der Waals surface area contributed by atoms with Crippen LogP contribution in [-0.4, -0.2) is 26.2 Å². The van der Waals surface area contributed by atoms with Crippen LogP contribution in [0, 0.1) is 0 Å². The number of hydrogen-bond acceptors (Lipinski definition) is 5. The van der Waals surface area contributed by atoms with Gasteiger partial charge in [-0.2, -0.15) is 5.10 Å². The Morgan fingerprint density at radius 1 is 0.943 bits per heavy atom. The third-order valence-electron chi connectivity index (χ3n) is 5.50. The van der Waals surface area contributed by atoms with Gasteiger partial charge in [-0.1, -0.05) is 36.4 Å². The largest absolute Gasteiger partial charge is 0.419 e. The van der Waals surface area contributed by atoms with Crippen LogP contribution in [0.4, 0.5) is 11.4 Å². The number of anilines is 2. The first kappa shape index (κ1) is 21.9. The molecular weight excluding hydrogens is 446 g/mol. The molecule has 0 saturated carbocycles. The first-order valence-electron chi connectivity index (χ1n) is 10.9. The molecular formula is C26H21N5O4. The van der Waals surface area contributed by atoms with E-state index in [0.29, 0.717) is 33.7 Å². The fourth-order valence-electron chi connectivity index (χ4n) is 3.72. The summed E-state index contributed by atoms with van der Waals surface area (Å²) in [5.74, 6) is -0.936. The molecule has 2 N–H and O–H groups in total. The lowest BCUT2D eigenvalue weighted by Gasteiger charge is -2.07. The Morgan fingerprint density at radius 3 is 2.60 bits per heavy atom. The molecule has 5 rings (SSSR count). The number of oxazole rings is 1. The van der Waals surface area contributed by atoms with Crippen molar-refractivity contribution in [2.45, 2.75) is 6.42 Å². The molecule has 0 radical (unpaired) electrons. The highest BCUT2D eigenvalue weighted by Gasteiger charge is 2.12. The van der Waals surface area contributed by atoms with Crippen LogP contribution in [0.5, 0.6) is 0 Å². The van der Waals surface area contributed by atoms with Crippen molar-refractivity contribution in [1.82, 2.24) is 14.3 Å². The normalized spacial score (nSPS) is 10.9. The summed E-state index contributed by atoms with van der Waals surface area (Å²) in [5, 5.41) is 9.95. The van der Waals surface area contributed by atoms with E-state index in [1.807, 2.05) is 36.4 Å². The molecule has 0 fully saturated rings. The molecule has 0 spiro atoms. The molecule has 2 amide bonds. The summed E-state index contributed by atoms with van der Waals surface area (Å²) < 4.78 is 8.16. The van der Waals surface area contributed by atoms with Crippen molar-refractivity contribution >= 4 is 34.3 Å². The van der Waals surface area contributed by atoms with E-state index in [-0.39, 0.29) is 18.2 Å². The van der Waals surface area contributed by atoms with E-state index in [4.69, 9.17) is 4.42 Å². The third-order valence-corrected chi connectivity index (χ3v) is 5.50. The lowest BCUT2D eigenvalue weighted by molar-refractivity contribution is -0.115. The number of hydrogen-bond donors (Lipinski definition) is 2. The van der Waals surface area contributed by atoms with Gasteiger partial charge in [0.15, 0.2) is 5.58 Å². The molecule has 9 nitrogen and oxygen atoms in total. The second-order valence-corrected chi connectivity index (χ2v) is 8.00. The van der Waals surface area contributed by atoms with Gasteiger partial charge in [-0.15, -0.1) is 0 Å². The van der Waals surface area contributed by atoms with Gasteiger partial charge in [0.2, 0.25) is 5.91 Å². The van der Waals surface area contributed by atoms with Crippen LogP contribution in [0.2, 0.25) is 0 Å². The van der Waals surface area contributed by atoms with Crippen LogP contribution in [0.25, 0.3) is 16.8 Å². The lowest BCUT2D eigenvalue weighted by atomic mass is 10.1. The summed E-state index contributed by atoms with van der Waals surface area (Å²) in [6, 6.07) is 21.4. The predicted molar refractivity (Wildman–Crippen MR) is 132 cm³/mol. The maximum atomic E-state index is 12.8. The minimum absolute atomic E-state index is 0.143. The minimum Gasteiger partial charge on any atom is -0.408 e. The number of rotatable bonds is 6. The van der Waals surface area contributed by atoms with Gasteiger partial charge < -0.3 is 15.1 Å². The number of benzene rings is 3. The van der Waals surface area contributed by atoms with Crippen molar-refractivity contribution < 1.29 is 14.0 Å². The van der Waals surface area contributed by atoms with Crippen molar-refractivity contribution in [2.75, 3.05) is 10.6 Å². The van der Waals surface area contributed by atoms with Crippen molar-refractivity contribution in [3.8, 4) is 5.69 Å². The molecule has 0 atom stereocenters. The summed E-state index contributed by atoms with van der Waals surface area (Å²) in [6.45, 7) is 0. The number of amides is 2. The van der Waals surface area contributed by atoms with E-state index in [9.17, 15) is 14.4 Å². The molecule has 9 heteroatoms. The van der Waals surface area contributed by atoms with Crippen LogP contribution < -0.4 is 16.4 Å². The summed E-state index contributed by atoms with van der Waals surface area (Å²) >= 11 is 0. The Morgan fingerprint density at radius 2 is 1.77 bits per heavy atom. The van der Waals surface area contributed by atoms with Gasteiger partial charge in [-0.25, -0.2) is 9.48 Å². The summed E-state index contributed by atoms with van der Waals surface area (Å²) in [6.07, 6.45) is 3.50. The third kappa shape index (κ3) is 4.74. The smallest absolute Gasteiger partial charge is 0.408 e. The monoisotopic (exact) mass is 467 g/mol. The maximum Gasteiger partial charge on any atom is 0.419 e. The molecule has 0 saturated heterocycles. The van der Waals surface area contributed by atoms with Crippen LogP contribution in [-0.2, 0) is 18.3 Å². The number of aryl methyl sites for hydroxylation is 1. The number of nitrogens with zero attached hydrogens (tertiary/aromatic N) is 3. The Kier molecular flexibility index (Phi) is 5.72. The van der Waals surface area contributed by atoms with E-state index in [1.54, 1.807) is 60.5 Å². The Labute approximate surface area is 199 Å². The van der Waals surface area contributed by atoms with Crippen LogP contribution in [0.1, 0.15) is 15.9 Å². The van der Waals surface area contributed by atoms with Gasteiger partial charge >= 0.3 is 5.76 Å². The zero-order valence-electron chi connectivity index (χ0n) is 18.8. The van der Waals surface area contributed by atoms with E-state index >= 15 is 0 Å². The van der Waals surface area contributed by atoms with Gasteiger partial charge in [-0.05, 0) is 35.9 Å². The number of nitrogens with one attached hydrogen (secondary N) is 2. The Hall–Kier alpha value is -4.92. The van der Waals surface area contributed by atoms with Gasteiger partial charge in [0.1, 0.15) is 0 Å². The van der Waals surface area contributed by atoms with Crippen LogP contribution in [0.3, 0.4) is 0 Å². The Bertz CT molecular complexity index is 1600. The second-order valence-electron chi connectivity index (χ2n) is 8.00. The molecule has 174 valence electrons. The number of carbonyl (C=O) groups is 2. The molecule has 0 aliphatic heterocycles. The van der Waals surface area contributed by atoms with E-state index in [1.165, 1.54) is 4.57 Å². The Balaban J connectivity index is 1.28. The molecule has 35 heavy (non-hydrogen) atoms. The molecule has 0 unspecified atom stereocenters. The fraction of sp³-hybridized carbons (Fsp3) is 0.0769. The van der Waals surface area contributed by atoms with Gasteiger partial charge in [0.25, 0.3) is 5.91 Å². The standard InChI is InChI=1S/C26H21N5O4/c1-30-22-11-10-19(14-23(22)35-26(30)34)29-25(33)18-8-5-9-21(13-18)31-16-20(15-27-31)28-24(32)12-17-6-3-2-4-7-17/h2-11,13-16H,12H2,1H3,(H,28,32)(H,29,33). The molecule has 3 aromatic carbocycles. The summed E-state index contributed by atoms with van der Waals surface area (Å²) in [4.78, 5) is 36.8. The summed E-state index contributed by atoms with van der Waals surface area (Å²) in [7, 11) is 1.62. The predicted octanol–water partition coefficient (Wildman–Crippen LogP) is 3.75. The zero-order valence-corrected chi connectivity index (χ0v) is 18.8. The van der Waals surface area contributed by atoms with Gasteiger partial charge in [0, 0.05) is 24.4 Å². The van der Waals surface area contributed by atoms with Gasteiger partial charge in [-0.3, -0.25) is 14.2 Å². The molecule has 0 aliphatic carbocycles. The highest BCUT2D eigenvalue weighted by atomic mass is 16.4.